The Hall–Kier alpha value is -10.5. The Morgan fingerprint density at radius 3 is 2.02 bits per heavy atom. The molecule has 15 bridgehead atoms. The smallest absolute Gasteiger partial charge is 0.257 e. The first kappa shape index (κ1) is 89.3. The van der Waals surface area contributed by atoms with E-state index in [0.29, 0.717) is 30.7 Å². The van der Waals surface area contributed by atoms with Crippen LogP contribution >= 0.6 is 11.6 Å². The van der Waals surface area contributed by atoms with Crippen LogP contribution in [0.3, 0.4) is 0 Å². The van der Waals surface area contributed by atoms with Crippen LogP contribution < -0.4 is 77.8 Å². The van der Waals surface area contributed by atoms with E-state index in [0.717, 1.165) is 56.4 Å². The van der Waals surface area contributed by atoms with Crippen LogP contribution in [0.2, 0.25) is 5.02 Å². The lowest BCUT2D eigenvalue weighted by Crippen LogP contribution is -2.64. The molecule has 37 heteroatoms. The SMILES string of the molecule is CCNCCOc1ccc(C(=O)NC(=O)C[C@@H]2NC(=O)[C@H](NC(=O)[C@@H](CC(C)C)NC)[C@H](O)c3ccc(c(Cl)c3)Oc3cc4cc(c3O[C@@H]3O[C@H](CO)[C@@H](O)[C@H](O)[C@H]3O[C@H]3C[C@](C)(N)[C@H](O)[C@H](C)O3)Oc3ccc(cc3)[C@@H](O)[C@@H]3NC(=O)[C@H](NC(=O)[C@@H]4NC2=O)c2ccc4c(c2)-c2c(cc(O)cc2C4(O)O)[C@@H](C(=O)NC2C4CC5CC(C4)CC2C5)NC3=O)cc1. The lowest BCUT2D eigenvalue weighted by Gasteiger charge is -2.54. The maximum Gasteiger partial charge on any atom is 0.257 e. The molecular formula is C88H104ClN11O25. The molecule has 0 unspecified atom stereocenters. The molecule has 18 rings (SSSR count). The van der Waals surface area contributed by atoms with Gasteiger partial charge in [-0.3, -0.25) is 48.5 Å². The summed E-state index contributed by atoms with van der Waals surface area (Å²) in [6.45, 7) is 9.10. The van der Waals surface area contributed by atoms with Gasteiger partial charge in [0.2, 0.25) is 65.1 Å². The number of nitrogens with two attached hydrogens (primary N) is 1. The van der Waals surface area contributed by atoms with Crippen LogP contribution in [0.5, 0.6) is 40.2 Å². The highest BCUT2D eigenvalue weighted by Gasteiger charge is 2.54. The van der Waals surface area contributed by atoms with Crippen molar-refractivity contribution < 1.29 is 122 Å². The minimum Gasteiger partial charge on any atom is -0.508 e. The minimum atomic E-state index is -2.98. The van der Waals surface area contributed by atoms with Crippen molar-refractivity contribution in [2.24, 2.45) is 35.3 Å². The summed E-state index contributed by atoms with van der Waals surface area (Å²) in [6.07, 6.45) is -14.1. The summed E-state index contributed by atoms with van der Waals surface area (Å²) < 4.78 is 44.9. The number of nitrogens with one attached hydrogen (secondary N) is 10. The fourth-order valence-corrected chi connectivity index (χ4v) is 19.2. The molecule has 9 amide bonds. The predicted octanol–water partition coefficient (Wildman–Crippen LogP) is 1.86. The topological polar surface area (TPSA) is 547 Å². The van der Waals surface area contributed by atoms with E-state index >= 15 is 28.8 Å². The number of hydrogen-bond acceptors (Lipinski definition) is 28. The summed E-state index contributed by atoms with van der Waals surface area (Å²) >= 11 is 7.23. The van der Waals surface area contributed by atoms with Gasteiger partial charge in [0.1, 0.15) is 96.4 Å². The first-order valence-electron chi connectivity index (χ1n) is 42.0. The highest BCUT2D eigenvalue weighted by molar-refractivity contribution is 6.32. The van der Waals surface area contributed by atoms with Gasteiger partial charge in [-0.2, -0.15) is 0 Å². The second kappa shape index (κ2) is 36.4. The molecule has 36 nitrogen and oxygen atoms in total. The van der Waals surface area contributed by atoms with E-state index in [9.17, 15) is 60.3 Å². The van der Waals surface area contributed by atoms with Crippen molar-refractivity contribution in [1.29, 1.82) is 0 Å². The molecule has 12 aliphatic rings. The zero-order valence-corrected chi connectivity index (χ0v) is 69.9. The van der Waals surface area contributed by atoms with Crippen LogP contribution in [-0.2, 0) is 58.4 Å². The van der Waals surface area contributed by atoms with Gasteiger partial charge in [-0.05, 0) is 213 Å². The number of benzene rings is 6. The number of amides is 9. The number of aliphatic hydroxyl groups is 8. The second-order valence-electron chi connectivity index (χ2n) is 34.6. The van der Waals surface area contributed by atoms with Crippen molar-refractivity contribution >= 4 is 64.8 Å². The van der Waals surface area contributed by atoms with Gasteiger partial charge in [-0.1, -0.05) is 62.7 Å². The molecule has 0 aromatic heterocycles. The van der Waals surface area contributed by atoms with E-state index < -0.39 is 210 Å². The van der Waals surface area contributed by atoms with E-state index in [1.165, 1.54) is 106 Å². The Morgan fingerprint density at radius 2 is 1.36 bits per heavy atom. The Bertz CT molecular complexity index is 5110. The fraction of sp³-hybridized carbons (Fsp3) is 0.489. The average molecular weight is 1750 g/mol. The van der Waals surface area contributed by atoms with Gasteiger partial charge in [-0.25, -0.2) is 0 Å². The van der Waals surface area contributed by atoms with Crippen LogP contribution in [0.25, 0.3) is 11.1 Å². The van der Waals surface area contributed by atoms with E-state index in [1.807, 2.05) is 20.8 Å². The molecule has 7 heterocycles. The van der Waals surface area contributed by atoms with Gasteiger partial charge in [-0.15, -0.1) is 0 Å². The number of imide groups is 1. The standard InChI is InChI=1S/C88H104ClN11O25/c1-7-92-20-21-119-49-14-10-42(11-15-49)78(109)94-62(103)34-57-80(111)96-67-47-30-59(75(125-86-76(74(107)73(106)61(36-101)123-86)124-63-35-87(5,90)77(108)38(4)120-63)60(31-47)122-58-19-13-44(29-55(58)89)72(105)70(84(115)93-57)99-79(110)56(91-6)22-37(2)3)121-50-16-8-41(9-17-50)71(104)69-85(116)98-68(83(114)95-65-45-24-39-23-40(26-45)27-46(65)25-39)52-32-48(102)33-54-64(52)51-28-43(12-18-53(51)88(54,117)118)66(81(112)100-69)97-82(67)113/h8-19,28-33,37-40,45-46,56-57,61,63,65-74,76-77,86,91-92,101-102,104-108,117-118H,7,20-27,34-36,90H2,1-6H3,(H,93,115)(H,95,114)(H,96,111)(H,97,113)(H,98,116)(H,99,110)(H,100,112)(H,94,103,109)/t38-,39?,40?,45?,46?,56+,57-,61+,63-,65?,66+,67+,68-,69-,70+,71+,72+,73+,74-,76+,77+,86-,87-/m0/s1. The maximum absolute atomic E-state index is 16.7. The minimum absolute atomic E-state index is 0.0782. The van der Waals surface area contributed by atoms with Gasteiger partial charge in [0.15, 0.2) is 23.9 Å². The molecular weight excluding hydrogens is 1650 g/mol. The molecule has 2 saturated heterocycles. The molecule has 6 fully saturated rings. The molecule has 668 valence electrons. The third kappa shape index (κ3) is 18.4. The molecule has 4 saturated carbocycles. The Labute approximate surface area is 722 Å². The number of likely N-dealkylation sites (N-methyl/N-ethyl adjacent to an activating group) is 2. The number of rotatable bonds is 20. The Morgan fingerprint density at radius 1 is 0.696 bits per heavy atom. The summed E-state index contributed by atoms with van der Waals surface area (Å²) in [6, 6.07) is 8.24. The highest BCUT2D eigenvalue weighted by Crippen LogP contribution is 2.56. The first-order chi connectivity index (χ1) is 59.6. The Kier molecular flexibility index (Phi) is 26.0. The maximum atomic E-state index is 16.7. The molecule has 18 atom stereocenters. The lowest BCUT2D eigenvalue weighted by molar-refractivity contribution is -0.333. The number of phenols is 1. The molecule has 0 spiro atoms. The fourth-order valence-electron chi connectivity index (χ4n) is 19.0. The molecule has 0 radical (unpaired) electrons. The number of halogens is 1. The third-order valence-corrected chi connectivity index (χ3v) is 25.5. The number of ether oxygens (including phenoxy) is 7. The van der Waals surface area contributed by atoms with Gasteiger partial charge < -0.3 is 133 Å². The summed E-state index contributed by atoms with van der Waals surface area (Å²) in [7, 11) is 1.48. The van der Waals surface area contributed by atoms with Gasteiger partial charge in [0.05, 0.1) is 36.3 Å². The number of aliphatic hydroxyl groups excluding tert-OH is 6. The monoisotopic (exact) mass is 1750 g/mol. The highest BCUT2D eigenvalue weighted by atomic mass is 35.5. The largest absolute Gasteiger partial charge is 0.508 e. The van der Waals surface area contributed by atoms with Crippen molar-refractivity contribution in [2.75, 3.05) is 33.4 Å². The van der Waals surface area contributed by atoms with Crippen LogP contribution in [0.4, 0.5) is 0 Å². The van der Waals surface area contributed by atoms with Crippen LogP contribution in [0, 0.1) is 29.6 Å². The van der Waals surface area contributed by atoms with E-state index in [4.69, 9.17) is 50.5 Å². The van der Waals surface area contributed by atoms with E-state index in [2.05, 4.69) is 53.2 Å². The van der Waals surface area contributed by atoms with E-state index in [1.54, 1.807) is 0 Å². The van der Waals surface area contributed by atoms with Gasteiger partial charge in [0, 0.05) is 41.2 Å². The number of phenolic OH excluding ortho intramolecular Hbond substituents is 1. The van der Waals surface area contributed by atoms with Crippen LogP contribution in [0.1, 0.15) is 166 Å². The number of carbonyl (C=O) groups is 9. The molecule has 21 N–H and O–H groups in total. The van der Waals surface area contributed by atoms with Crippen molar-refractivity contribution in [1.82, 2.24) is 53.2 Å². The van der Waals surface area contributed by atoms with Crippen LogP contribution in [-0.4, -0.2) is 217 Å². The van der Waals surface area contributed by atoms with Gasteiger partial charge >= 0.3 is 0 Å². The quantitative estimate of drug-likeness (QED) is 0.0383. The average Bonchev–Trinajstić information content (AvgIpc) is 1.56. The molecule has 6 aromatic rings. The zero-order chi connectivity index (χ0) is 89.1. The number of carbonyl (C=O) groups excluding carboxylic acids is 9. The van der Waals surface area contributed by atoms with Crippen molar-refractivity contribution in [2.45, 2.75) is 207 Å². The van der Waals surface area contributed by atoms with E-state index in [-0.39, 0.29) is 110 Å². The van der Waals surface area contributed by atoms with Crippen LogP contribution in [0.15, 0.2) is 109 Å². The second-order valence-corrected chi connectivity index (χ2v) is 35.0. The number of fused-ring (bicyclic) bond motifs is 12. The van der Waals surface area contributed by atoms with Crippen molar-refractivity contribution in [3.8, 4) is 51.4 Å². The zero-order valence-electron chi connectivity index (χ0n) is 69.2. The summed E-state index contributed by atoms with van der Waals surface area (Å²) in [5, 5.41) is 134. The van der Waals surface area contributed by atoms with Crippen molar-refractivity contribution in [3.63, 3.8) is 0 Å². The molecule has 7 aliphatic heterocycles. The normalized spacial score (nSPS) is 31.0. The predicted molar refractivity (Wildman–Crippen MR) is 441 cm³/mol. The molecule has 6 aromatic carbocycles. The summed E-state index contributed by atoms with van der Waals surface area (Å²) in [5.74, 6) is -15.1. The first-order valence-corrected chi connectivity index (χ1v) is 42.4. The molecule has 125 heavy (non-hydrogen) atoms. The Balaban J connectivity index is 0.909. The number of aromatic hydroxyl groups is 1. The third-order valence-electron chi connectivity index (χ3n) is 25.2. The summed E-state index contributed by atoms with van der Waals surface area (Å²) in [4.78, 5) is 139. The van der Waals surface area contributed by atoms with Gasteiger partial charge in [0.25, 0.3) is 5.91 Å². The molecule has 5 aliphatic carbocycles. The summed E-state index contributed by atoms with van der Waals surface area (Å²) in [5.41, 5.74) is 3.19. The van der Waals surface area contributed by atoms with Crippen molar-refractivity contribution in [3.05, 3.63) is 159 Å². The number of hydrogen-bond donors (Lipinski definition) is 20. The lowest BCUT2D eigenvalue weighted by atomic mass is 9.54.